The third-order valence-corrected chi connectivity index (χ3v) is 9.61. The number of cyclic esters (lactones) is 1. The van der Waals surface area contributed by atoms with E-state index in [2.05, 4.69) is 0 Å². The van der Waals surface area contributed by atoms with Crippen molar-refractivity contribution in [2.75, 3.05) is 13.7 Å². The Bertz CT molecular complexity index is 1520. The Balaban J connectivity index is 1.76. The number of carboxylic acids is 1. The van der Waals surface area contributed by atoms with Crippen LogP contribution in [-0.2, 0) is 16.0 Å². The molecule has 1 heterocycles. The standard InChI is InChI=1S/C34H40F7NO5/c1-17-23(11-21(33(36,37)38)12-25(17)34(39,40)41)28-18(2)42(30(45)47-28)16-20-14-31(3,4)9-8-22(20)24-10-19(15-32(5,6)29(43)44)26(35)13-27(24)46-7/h10-13,17-18,25,28H,8-9,14-16H2,1-7H3,(H,43,44)/t17?,18-,25?,28-/m0/s1. The number of aliphatic carboxylic acids is 1. The highest BCUT2D eigenvalue weighted by atomic mass is 19.4. The molecule has 1 fully saturated rings. The van der Waals surface area contributed by atoms with E-state index in [1.165, 1.54) is 45.8 Å². The molecule has 1 saturated heterocycles. The van der Waals surface area contributed by atoms with Crippen LogP contribution in [0.1, 0.15) is 71.9 Å². The summed E-state index contributed by atoms with van der Waals surface area (Å²) >= 11 is 0. The number of methoxy groups -OCH3 is 1. The first-order chi connectivity index (χ1) is 21.5. The molecule has 2 aliphatic carbocycles. The first-order valence-corrected chi connectivity index (χ1v) is 15.3. The van der Waals surface area contributed by atoms with Crippen LogP contribution >= 0.6 is 0 Å². The Morgan fingerprint density at radius 2 is 1.77 bits per heavy atom. The predicted molar refractivity (Wildman–Crippen MR) is 160 cm³/mol. The summed E-state index contributed by atoms with van der Waals surface area (Å²) in [6.07, 6.45) is -9.86. The maximum Gasteiger partial charge on any atom is 0.416 e. The number of carbonyl (C=O) groups excluding carboxylic acids is 1. The molecule has 13 heteroatoms. The highest BCUT2D eigenvalue weighted by molar-refractivity contribution is 5.78. The summed E-state index contributed by atoms with van der Waals surface area (Å²) in [4.78, 5) is 26.4. The minimum Gasteiger partial charge on any atom is -0.496 e. The number of carbonyl (C=O) groups is 2. The molecule has 2 unspecified atom stereocenters. The fraction of sp³-hybridized carbons (Fsp3) is 0.588. The number of nitrogens with zero attached hydrogens (tertiary/aromatic N) is 1. The first-order valence-electron chi connectivity index (χ1n) is 15.3. The molecule has 0 saturated carbocycles. The van der Waals surface area contributed by atoms with Gasteiger partial charge >= 0.3 is 24.4 Å². The number of hydrogen-bond acceptors (Lipinski definition) is 4. The van der Waals surface area contributed by atoms with Crippen LogP contribution in [0.2, 0.25) is 0 Å². The molecular formula is C34H40F7NO5. The fourth-order valence-corrected chi connectivity index (χ4v) is 6.75. The normalized spacial score (nSPS) is 25.4. The topological polar surface area (TPSA) is 76.1 Å². The molecule has 0 radical (unpaired) electrons. The number of benzene rings is 1. The van der Waals surface area contributed by atoms with Crippen molar-refractivity contribution in [3.63, 3.8) is 0 Å². The number of amides is 1. The van der Waals surface area contributed by atoms with E-state index in [0.717, 1.165) is 11.1 Å². The lowest BCUT2D eigenvalue weighted by molar-refractivity contribution is -0.172. The molecule has 4 atom stereocenters. The summed E-state index contributed by atoms with van der Waals surface area (Å²) < 4.78 is 109. The zero-order chi connectivity index (χ0) is 35.4. The fourth-order valence-electron chi connectivity index (χ4n) is 6.75. The smallest absolute Gasteiger partial charge is 0.416 e. The van der Waals surface area contributed by atoms with Crippen LogP contribution < -0.4 is 4.74 Å². The van der Waals surface area contributed by atoms with Crippen molar-refractivity contribution in [1.29, 1.82) is 0 Å². The van der Waals surface area contributed by atoms with Gasteiger partial charge in [-0.15, -0.1) is 0 Å². The highest BCUT2D eigenvalue weighted by Crippen LogP contribution is 2.48. The molecule has 260 valence electrons. The molecule has 3 aliphatic rings. The molecule has 0 aromatic heterocycles. The number of hydrogen-bond donors (Lipinski definition) is 1. The van der Waals surface area contributed by atoms with Crippen LogP contribution in [0.15, 0.2) is 41.0 Å². The SMILES string of the molecule is COc1cc(F)c(CC(C)(C)C(=O)O)cc1C1=C(CN2C(=O)O[C@H](C3=CC(C(F)(F)F)=CC(C(F)(F)F)C3C)[C@@H]2C)CC(C)(C)CC1. The van der Waals surface area contributed by atoms with Gasteiger partial charge in [0.25, 0.3) is 0 Å². The van der Waals surface area contributed by atoms with Crippen LogP contribution in [0.5, 0.6) is 5.75 Å². The summed E-state index contributed by atoms with van der Waals surface area (Å²) in [6.45, 7) is 9.67. The minimum atomic E-state index is -5.04. The number of carboxylic acid groups (broad SMARTS) is 1. The van der Waals surface area contributed by atoms with E-state index >= 15 is 4.39 Å². The second-order valence-electron chi connectivity index (χ2n) is 14.2. The quantitative estimate of drug-likeness (QED) is 0.279. The third kappa shape index (κ3) is 7.48. The van der Waals surface area contributed by atoms with Crippen LogP contribution in [0.4, 0.5) is 35.5 Å². The number of rotatable bonds is 8. The lowest BCUT2D eigenvalue weighted by Gasteiger charge is -2.36. The lowest BCUT2D eigenvalue weighted by atomic mass is 9.72. The van der Waals surface area contributed by atoms with Crippen molar-refractivity contribution < 1.29 is 54.9 Å². The summed E-state index contributed by atoms with van der Waals surface area (Å²) in [5, 5.41) is 9.64. The van der Waals surface area contributed by atoms with E-state index in [0.29, 0.717) is 30.9 Å². The highest BCUT2D eigenvalue weighted by Gasteiger charge is 2.52. The van der Waals surface area contributed by atoms with E-state index in [4.69, 9.17) is 9.47 Å². The van der Waals surface area contributed by atoms with E-state index in [1.54, 1.807) is 6.07 Å². The van der Waals surface area contributed by atoms with Crippen LogP contribution in [-0.4, -0.2) is 60.2 Å². The third-order valence-electron chi connectivity index (χ3n) is 9.61. The van der Waals surface area contributed by atoms with E-state index in [-0.39, 0.29) is 41.3 Å². The van der Waals surface area contributed by atoms with Gasteiger partial charge < -0.3 is 14.6 Å². The van der Waals surface area contributed by atoms with Crippen molar-refractivity contribution in [1.82, 2.24) is 4.90 Å². The zero-order valence-corrected chi connectivity index (χ0v) is 27.3. The van der Waals surface area contributed by atoms with Gasteiger partial charge in [-0.2, -0.15) is 26.3 Å². The number of alkyl halides is 6. The molecule has 1 amide bonds. The average molecular weight is 676 g/mol. The van der Waals surface area contributed by atoms with Crippen molar-refractivity contribution >= 4 is 17.6 Å². The van der Waals surface area contributed by atoms with E-state index < -0.39 is 65.2 Å². The van der Waals surface area contributed by atoms with E-state index in [9.17, 15) is 41.0 Å². The molecule has 47 heavy (non-hydrogen) atoms. The summed E-state index contributed by atoms with van der Waals surface area (Å²) in [6, 6.07) is 1.83. The summed E-state index contributed by atoms with van der Waals surface area (Å²) in [5.41, 5.74) is -1.07. The second-order valence-corrected chi connectivity index (χ2v) is 14.2. The first kappa shape index (κ1) is 36.3. The monoisotopic (exact) mass is 675 g/mol. The Morgan fingerprint density at radius 3 is 2.32 bits per heavy atom. The predicted octanol–water partition coefficient (Wildman–Crippen LogP) is 8.90. The molecule has 6 nitrogen and oxygen atoms in total. The molecule has 1 aliphatic heterocycles. The van der Waals surface area contributed by atoms with Gasteiger partial charge in [-0.1, -0.05) is 26.8 Å². The lowest BCUT2D eigenvalue weighted by Crippen LogP contribution is -2.41. The van der Waals surface area contributed by atoms with Crippen molar-refractivity contribution in [2.24, 2.45) is 22.7 Å². The van der Waals surface area contributed by atoms with Gasteiger partial charge in [0.05, 0.1) is 30.1 Å². The minimum absolute atomic E-state index is 0.0436. The van der Waals surface area contributed by atoms with Crippen LogP contribution in [0, 0.1) is 28.5 Å². The van der Waals surface area contributed by atoms with Gasteiger partial charge in [0.1, 0.15) is 17.7 Å². The van der Waals surface area contributed by atoms with Gasteiger partial charge in [-0.05, 0) is 92.2 Å². The summed E-state index contributed by atoms with van der Waals surface area (Å²) in [5.74, 6) is -5.38. The Kier molecular flexibility index (Phi) is 9.66. The number of allylic oxidation sites excluding steroid dienone is 4. The van der Waals surface area contributed by atoms with Gasteiger partial charge in [-0.25, -0.2) is 9.18 Å². The molecule has 1 N–H and O–H groups in total. The second kappa shape index (κ2) is 12.5. The van der Waals surface area contributed by atoms with Crippen molar-refractivity contribution in [3.05, 3.63) is 57.9 Å². The Morgan fingerprint density at radius 1 is 1.13 bits per heavy atom. The van der Waals surface area contributed by atoms with Crippen molar-refractivity contribution in [3.8, 4) is 5.75 Å². The largest absolute Gasteiger partial charge is 0.496 e. The maximum absolute atomic E-state index is 15.2. The van der Waals surface area contributed by atoms with Gasteiger partial charge in [0.15, 0.2) is 0 Å². The Hall–Kier alpha value is -3.51. The maximum atomic E-state index is 15.2. The Labute approximate surface area is 269 Å². The zero-order valence-electron chi connectivity index (χ0n) is 27.3. The average Bonchev–Trinajstić information content (AvgIpc) is 3.20. The van der Waals surface area contributed by atoms with Gasteiger partial charge in [0, 0.05) is 18.2 Å². The summed E-state index contributed by atoms with van der Waals surface area (Å²) in [7, 11) is 1.37. The number of ether oxygens (including phenoxy) is 2. The van der Waals surface area contributed by atoms with Crippen LogP contribution in [0.3, 0.4) is 0 Å². The number of halogens is 7. The molecule has 1 aromatic rings. The van der Waals surface area contributed by atoms with E-state index in [1.807, 2.05) is 13.8 Å². The molecule has 1 aromatic carbocycles. The van der Waals surface area contributed by atoms with Crippen molar-refractivity contribution in [2.45, 2.75) is 91.7 Å². The van der Waals surface area contributed by atoms with Gasteiger partial charge in [0.2, 0.25) is 0 Å². The van der Waals surface area contributed by atoms with Gasteiger partial charge in [-0.3, -0.25) is 9.69 Å². The molecule has 0 bridgehead atoms. The van der Waals surface area contributed by atoms with Crippen LogP contribution in [0.25, 0.3) is 5.57 Å². The molecule has 0 spiro atoms. The molecular weight excluding hydrogens is 635 g/mol. The molecule has 4 rings (SSSR count).